The van der Waals surface area contributed by atoms with E-state index in [4.69, 9.17) is 15.3 Å². The smallest absolute Gasteiger partial charge is 0.328 e. The first-order valence-corrected chi connectivity index (χ1v) is 10.8. The molecular formula is C22H26BrN5O5. The van der Waals surface area contributed by atoms with Crippen LogP contribution < -0.4 is 26.6 Å². The third-order valence-electron chi connectivity index (χ3n) is 4.38. The fourth-order valence-electron chi connectivity index (χ4n) is 2.91. The summed E-state index contributed by atoms with van der Waals surface area (Å²) in [5.41, 5.74) is 3.81. The van der Waals surface area contributed by atoms with Gasteiger partial charge in [-0.15, -0.1) is 0 Å². The van der Waals surface area contributed by atoms with Crippen molar-refractivity contribution in [3.05, 3.63) is 58.1 Å². The van der Waals surface area contributed by atoms with E-state index < -0.39 is 23.8 Å². The molecule has 176 valence electrons. The Labute approximate surface area is 200 Å². The molecule has 0 fully saturated rings. The van der Waals surface area contributed by atoms with E-state index in [-0.39, 0.29) is 19.6 Å². The van der Waals surface area contributed by atoms with Crippen molar-refractivity contribution in [2.24, 2.45) is 10.8 Å². The number of nitrogens with two attached hydrogens (primary N) is 1. The number of halogens is 1. The van der Waals surface area contributed by atoms with E-state index in [0.717, 1.165) is 4.47 Å². The minimum absolute atomic E-state index is 0.149. The summed E-state index contributed by atoms with van der Waals surface area (Å²) in [6.07, 6.45) is 1.43. The first kappa shape index (κ1) is 25.8. The Hall–Kier alpha value is -3.44. The van der Waals surface area contributed by atoms with Gasteiger partial charge in [-0.1, -0.05) is 22.0 Å². The quantitative estimate of drug-likeness (QED) is 0.116. The zero-order valence-corrected chi connectivity index (χ0v) is 19.8. The molecule has 10 nitrogen and oxygen atoms in total. The molecule has 33 heavy (non-hydrogen) atoms. The fourth-order valence-corrected chi connectivity index (χ4v) is 3.32. The van der Waals surface area contributed by atoms with E-state index in [1.165, 1.54) is 13.4 Å². The molecule has 2 rings (SSSR count). The topological polar surface area (TPSA) is 144 Å². The van der Waals surface area contributed by atoms with Gasteiger partial charge in [-0.2, -0.15) is 0 Å². The van der Waals surface area contributed by atoms with Gasteiger partial charge in [-0.3, -0.25) is 9.59 Å². The van der Waals surface area contributed by atoms with Crippen LogP contribution in [-0.4, -0.2) is 50.4 Å². The maximum atomic E-state index is 12.5. The third-order valence-corrected chi connectivity index (χ3v) is 4.87. The summed E-state index contributed by atoms with van der Waals surface area (Å²) in [6, 6.07) is 10.9. The second kappa shape index (κ2) is 13.2. The minimum atomic E-state index is -0.959. The van der Waals surface area contributed by atoms with Gasteiger partial charge in [-0.25, -0.2) is 15.6 Å². The molecule has 0 saturated carbocycles. The number of hydrogen-bond acceptors (Lipinski definition) is 7. The Kier molecular flexibility index (Phi) is 10.3. The number of esters is 1. The van der Waals surface area contributed by atoms with Gasteiger partial charge in [0.2, 0.25) is 5.91 Å². The molecule has 2 amide bonds. The molecule has 0 aliphatic carbocycles. The van der Waals surface area contributed by atoms with E-state index in [1.54, 1.807) is 43.3 Å². The second-order valence-corrected chi connectivity index (χ2v) is 7.61. The normalized spacial score (nSPS) is 11.5. The van der Waals surface area contributed by atoms with Crippen LogP contribution in [0, 0.1) is 0 Å². The van der Waals surface area contributed by atoms with Gasteiger partial charge in [0.1, 0.15) is 18.1 Å². The number of hydrogen-bond donors (Lipinski definition) is 4. The highest BCUT2D eigenvalue weighted by Crippen LogP contribution is 2.24. The van der Waals surface area contributed by atoms with Crippen molar-refractivity contribution < 1.29 is 23.9 Å². The van der Waals surface area contributed by atoms with Crippen molar-refractivity contribution in [1.29, 1.82) is 0 Å². The molecular weight excluding hydrogens is 494 g/mol. The number of ether oxygens (including phenoxy) is 2. The molecule has 0 aromatic heterocycles. The van der Waals surface area contributed by atoms with E-state index in [1.807, 2.05) is 6.07 Å². The zero-order chi connectivity index (χ0) is 24.2. The summed E-state index contributed by atoms with van der Waals surface area (Å²) in [5, 5.41) is 5.15. The summed E-state index contributed by atoms with van der Waals surface area (Å²) < 4.78 is 11.2. The van der Waals surface area contributed by atoms with Gasteiger partial charge < -0.3 is 25.5 Å². The number of nitrogens with zero attached hydrogens (tertiary/aromatic N) is 1. The number of amides is 2. The highest BCUT2D eigenvalue weighted by Gasteiger charge is 2.24. The van der Waals surface area contributed by atoms with Gasteiger partial charge in [0.15, 0.2) is 0 Å². The first-order valence-electron chi connectivity index (χ1n) is 10.0. The lowest BCUT2D eigenvalue weighted by Gasteiger charge is -2.19. The van der Waals surface area contributed by atoms with Crippen LogP contribution in [0.1, 0.15) is 22.8 Å². The largest absolute Gasteiger partial charge is 0.496 e. The lowest BCUT2D eigenvalue weighted by atomic mass is 10.0. The number of methoxy groups -OCH3 is 1. The Balaban J connectivity index is 2.04. The van der Waals surface area contributed by atoms with Gasteiger partial charge in [0, 0.05) is 16.5 Å². The Morgan fingerprint density at radius 1 is 1.21 bits per heavy atom. The Bertz CT molecular complexity index is 1010. The predicted molar refractivity (Wildman–Crippen MR) is 127 cm³/mol. The van der Waals surface area contributed by atoms with Crippen molar-refractivity contribution in [1.82, 2.24) is 16.1 Å². The van der Waals surface area contributed by atoms with E-state index in [9.17, 15) is 14.4 Å². The number of benzene rings is 2. The summed E-state index contributed by atoms with van der Waals surface area (Å²) in [5.74, 6) is 4.12. The van der Waals surface area contributed by atoms with Crippen LogP contribution in [0.4, 0.5) is 5.69 Å². The average Bonchev–Trinajstić information content (AvgIpc) is 2.81. The number of aliphatic imine (C=N–C) groups is 1. The average molecular weight is 520 g/mol. The minimum Gasteiger partial charge on any atom is -0.496 e. The van der Waals surface area contributed by atoms with Crippen molar-refractivity contribution in [3.63, 3.8) is 0 Å². The number of carbonyl (C=O) groups is 3. The molecule has 0 bridgehead atoms. The third kappa shape index (κ3) is 8.20. The van der Waals surface area contributed by atoms with Crippen LogP contribution in [0.3, 0.4) is 0 Å². The molecule has 0 radical (unpaired) electrons. The zero-order valence-electron chi connectivity index (χ0n) is 18.3. The molecule has 0 aliphatic rings. The van der Waals surface area contributed by atoms with Gasteiger partial charge in [0.05, 0.1) is 25.9 Å². The molecule has 2 aromatic carbocycles. The first-order chi connectivity index (χ1) is 15.9. The van der Waals surface area contributed by atoms with Crippen molar-refractivity contribution in [2.75, 3.05) is 20.3 Å². The van der Waals surface area contributed by atoms with Crippen molar-refractivity contribution >= 4 is 45.7 Å². The molecule has 0 spiro atoms. The predicted octanol–water partition coefficient (Wildman–Crippen LogP) is 1.60. The Morgan fingerprint density at radius 2 is 2.00 bits per heavy atom. The molecule has 0 heterocycles. The summed E-state index contributed by atoms with van der Waals surface area (Å²) in [6.45, 7) is 1.51. The van der Waals surface area contributed by atoms with Crippen LogP contribution in [0.2, 0.25) is 0 Å². The van der Waals surface area contributed by atoms with Crippen LogP contribution in [0.5, 0.6) is 5.75 Å². The molecule has 11 heteroatoms. The Morgan fingerprint density at radius 3 is 2.70 bits per heavy atom. The molecule has 0 aliphatic heterocycles. The summed E-state index contributed by atoms with van der Waals surface area (Å²) in [7, 11) is 1.52. The number of nitrogens with one attached hydrogen (secondary N) is 3. The second-order valence-electron chi connectivity index (χ2n) is 6.69. The molecule has 1 unspecified atom stereocenters. The van der Waals surface area contributed by atoms with E-state index >= 15 is 0 Å². The van der Waals surface area contributed by atoms with Crippen molar-refractivity contribution in [2.45, 2.75) is 19.4 Å². The lowest BCUT2D eigenvalue weighted by molar-refractivity contribution is -0.147. The highest BCUT2D eigenvalue weighted by molar-refractivity contribution is 9.10. The van der Waals surface area contributed by atoms with Gasteiger partial charge in [-0.05, 0) is 48.9 Å². The van der Waals surface area contributed by atoms with Crippen LogP contribution >= 0.6 is 15.9 Å². The van der Waals surface area contributed by atoms with E-state index in [0.29, 0.717) is 22.6 Å². The van der Waals surface area contributed by atoms with Crippen LogP contribution in [0.25, 0.3) is 0 Å². The van der Waals surface area contributed by atoms with Crippen LogP contribution in [-0.2, 0) is 20.7 Å². The summed E-state index contributed by atoms with van der Waals surface area (Å²) >= 11 is 3.39. The van der Waals surface area contributed by atoms with Crippen molar-refractivity contribution in [3.8, 4) is 5.75 Å². The lowest BCUT2D eigenvalue weighted by Crippen LogP contribution is -2.47. The van der Waals surface area contributed by atoms with Crippen LogP contribution in [0.15, 0.2) is 51.9 Å². The molecule has 5 N–H and O–H groups in total. The summed E-state index contributed by atoms with van der Waals surface area (Å²) in [4.78, 5) is 41.4. The molecule has 1 atom stereocenters. The number of rotatable bonds is 11. The number of hydrazine groups is 1. The maximum absolute atomic E-state index is 12.5. The fraction of sp³-hybridized carbons (Fsp3) is 0.273. The molecule has 2 aromatic rings. The van der Waals surface area contributed by atoms with Gasteiger partial charge >= 0.3 is 5.97 Å². The molecule has 0 saturated heterocycles. The SMILES string of the molecule is CCOC(=O)C(Cc1cc(Br)ccc1OC)NC(=O)CNC(=O)c1cccc(N=CNN)c1. The van der Waals surface area contributed by atoms with E-state index in [2.05, 4.69) is 37.0 Å². The standard InChI is InChI=1S/C22H26BrN5O5/c1-3-33-22(31)18(11-15-9-16(23)7-8-19(15)32-2)28-20(29)12-25-21(30)14-5-4-6-17(10-14)26-13-27-24/h4-10,13,18H,3,11-12,24H2,1-2H3,(H,25,30)(H,26,27)(H,28,29). The monoisotopic (exact) mass is 519 g/mol. The maximum Gasteiger partial charge on any atom is 0.328 e. The number of carbonyl (C=O) groups excluding carboxylic acids is 3. The highest BCUT2D eigenvalue weighted by atomic mass is 79.9. The van der Waals surface area contributed by atoms with Gasteiger partial charge in [0.25, 0.3) is 5.91 Å².